The number of aromatic amines is 1. The first kappa shape index (κ1) is 19.8. The van der Waals surface area contributed by atoms with Gasteiger partial charge in [0.05, 0.1) is 12.1 Å². The summed E-state index contributed by atoms with van der Waals surface area (Å²) in [7, 11) is 0. The Bertz CT molecular complexity index is 1460. The highest BCUT2D eigenvalue weighted by Gasteiger charge is 2.25. The predicted molar refractivity (Wildman–Crippen MR) is 117 cm³/mol. The Morgan fingerprint density at radius 1 is 1.12 bits per heavy atom. The van der Waals surface area contributed by atoms with Crippen molar-refractivity contribution < 1.29 is 14.3 Å². The lowest BCUT2D eigenvalue weighted by Crippen LogP contribution is -2.21. The Labute approximate surface area is 181 Å². The minimum absolute atomic E-state index is 0.365. The number of carboxylic acids is 1. The number of H-pyrrole nitrogens is 1. The average molecular weight is 430 g/mol. The number of carbonyl (C=O) groups is 1. The van der Waals surface area contributed by atoms with Crippen LogP contribution in [0.15, 0.2) is 55.4 Å². The maximum atomic E-state index is 13.8. The lowest BCUT2D eigenvalue weighted by atomic mass is 10.0. The van der Waals surface area contributed by atoms with Crippen LogP contribution in [0.5, 0.6) is 0 Å². The molecule has 0 aromatic carbocycles. The molecule has 9 heteroatoms. The van der Waals surface area contributed by atoms with Crippen LogP contribution in [-0.4, -0.2) is 40.6 Å². The lowest BCUT2D eigenvalue weighted by Gasteiger charge is -2.18. The van der Waals surface area contributed by atoms with Gasteiger partial charge in [-0.05, 0) is 37.6 Å². The first-order valence-electron chi connectivity index (χ1n) is 10.1. The molecule has 8 nitrogen and oxygen atoms in total. The normalized spacial score (nSPS) is 13.5. The zero-order chi connectivity index (χ0) is 22.4. The second kappa shape index (κ2) is 7.52. The summed E-state index contributed by atoms with van der Waals surface area (Å²) in [6.45, 7) is 3.52. The number of aliphatic carboxylic acids is 1. The summed E-state index contributed by atoms with van der Waals surface area (Å²) >= 11 is 0. The van der Waals surface area contributed by atoms with Crippen molar-refractivity contribution in [3.05, 3.63) is 61.2 Å². The summed E-state index contributed by atoms with van der Waals surface area (Å²) in [5.41, 5.74) is 3.55. The van der Waals surface area contributed by atoms with E-state index in [-0.39, 0.29) is 6.04 Å². The summed E-state index contributed by atoms with van der Waals surface area (Å²) in [6.07, 6.45) is 9.86. The van der Waals surface area contributed by atoms with Gasteiger partial charge in [-0.1, -0.05) is 0 Å². The smallest absolute Gasteiger partial charge is 0.308 e. The van der Waals surface area contributed by atoms with Crippen LogP contribution >= 0.6 is 0 Å². The maximum Gasteiger partial charge on any atom is 0.308 e. The zero-order valence-electron chi connectivity index (χ0n) is 17.3. The van der Waals surface area contributed by atoms with E-state index in [1.807, 2.05) is 29.8 Å². The van der Waals surface area contributed by atoms with Gasteiger partial charge in [-0.25, -0.2) is 19.3 Å². The number of pyridine rings is 2. The molecular weight excluding hydrogens is 411 g/mol. The van der Waals surface area contributed by atoms with Crippen LogP contribution < -0.4 is 0 Å². The van der Waals surface area contributed by atoms with Crippen molar-refractivity contribution in [2.75, 3.05) is 0 Å². The number of nitrogens with one attached hydrogen (secondary N) is 1. The average Bonchev–Trinajstić information content (AvgIpc) is 3.39. The summed E-state index contributed by atoms with van der Waals surface area (Å²) < 4.78 is 15.7. The molecule has 0 saturated heterocycles. The SMILES string of the molecule is C[C@H]([C@@H](C)C(=O)O)n1cc(-c2ccncc2)c2cnc(-c3c[nH]c4ncc(F)cc34)nc21. The second-order valence-corrected chi connectivity index (χ2v) is 7.74. The molecule has 5 aromatic rings. The molecule has 0 aliphatic rings. The summed E-state index contributed by atoms with van der Waals surface area (Å²) in [5, 5.41) is 10.9. The molecule has 32 heavy (non-hydrogen) atoms. The van der Waals surface area contributed by atoms with Gasteiger partial charge in [0.1, 0.15) is 17.1 Å². The number of rotatable bonds is 5. The van der Waals surface area contributed by atoms with Gasteiger partial charge in [0.2, 0.25) is 0 Å². The first-order valence-corrected chi connectivity index (χ1v) is 10.1. The molecule has 0 aliphatic carbocycles. The maximum absolute atomic E-state index is 13.8. The van der Waals surface area contributed by atoms with Gasteiger partial charge in [0.25, 0.3) is 0 Å². The quantitative estimate of drug-likeness (QED) is 0.426. The van der Waals surface area contributed by atoms with E-state index in [0.29, 0.717) is 28.1 Å². The van der Waals surface area contributed by atoms with E-state index in [9.17, 15) is 14.3 Å². The van der Waals surface area contributed by atoms with Crippen molar-refractivity contribution in [3.8, 4) is 22.5 Å². The third-order valence-corrected chi connectivity index (χ3v) is 5.85. The van der Waals surface area contributed by atoms with E-state index >= 15 is 0 Å². The van der Waals surface area contributed by atoms with Crippen molar-refractivity contribution in [2.24, 2.45) is 5.92 Å². The Hall–Kier alpha value is -4.14. The highest BCUT2D eigenvalue weighted by atomic mass is 19.1. The van der Waals surface area contributed by atoms with Crippen molar-refractivity contribution in [1.82, 2.24) is 29.5 Å². The van der Waals surface area contributed by atoms with Crippen molar-refractivity contribution in [1.29, 1.82) is 0 Å². The molecule has 0 spiro atoms. The van der Waals surface area contributed by atoms with Crippen molar-refractivity contribution in [2.45, 2.75) is 19.9 Å². The monoisotopic (exact) mass is 430 g/mol. The van der Waals surface area contributed by atoms with Crippen LogP contribution in [0.4, 0.5) is 4.39 Å². The molecular formula is C23H19FN6O2. The Morgan fingerprint density at radius 3 is 2.66 bits per heavy atom. The Balaban J connectivity index is 1.74. The number of carboxylic acid groups (broad SMARTS) is 1. The molecule has 5 rings (SSSR count). The van der Waals surface area contributed by atoms with Gasteiger partial charge in [-0.3, -0.25) is 9.78 Å². The van der Waals surface area contributed by atoms with Gasteiger partial charge in [-0.15, -0.1) is 0 Å². The second-order valence-electron chi connectivity index (χ2n) is 7.74. The number of halogens is 1. The molecule has 0 bridgehead atoms. The van der Waals surface area contributed by atoms with Gasteiger partial charge in [0.15, 0.2) is 5.82 Å². The topological polar surface area (TPSA) is 110 Å². The molecule has 2 atom stereocenters. The number of aromatic nitrogens is 6. The van der Waals surface area contributed by atoms with Crippen LogP contribution in [-0.2, 0) is 4.79 Å². The van der Waals surface area contributed by atoms with Gasteiger partial charge >= 0.3 is 5.97 Å². The standard InChI is InChI=1S/C23H19FN6O2/c1-12(23(31)32)13(2)30-11-19(14-3-5-25-6-4-14)18-10-28-21(29-22(18)30)17-9-27-20-16(17)7-15(24)8-26-20/h3-13H,1-2H3,(H,26,27)(H,31,32)/t12-,13-/m1/s1. The van der Waals surface area contributed by atoms with E-state index < -0.39 is 17.7 Å². The minimum Gasteiger partial charge on any atom is -0.481 e. The van der Waals surface area contributed by atoms with Crippen LogP contribution in [0, 0.1) is 11.7 Å². The Kier molecular flexibility index (Phi) is 4.66. The number of nitrogens with zero attached hydrogens (tertiary/aromatic N) is 5. The molecule has 0 aliphatic heterocycles. The van der Waals surface area contributed by atoms with E-state index in [1.54, 1.807) is 31.7 Å². The molecule has 5 heterocycles. The fourth-order valence-electron chi connectivity index (χ4n) is 3.84. The third kappa shape index (κ3) is 3.18. The number of fused-ring (bicyclic) bond motifs is 2. The van der Waals surface area contributed by atoms with Crippen LogP contribution in [0.2, 0.25) is 0 Å². The Morgan fingerprint density at radius 2 is 1.91 bits per heavy atom. The summed E-state index contributed by atoms with van der Waals surface area (Å²) in [5.74, 6) is -1.59. The molecule has 0 saturated carbocycles. The third-order valence-electron chi connectivity index (χ3n) is 5.85. The van der Waals surface area contributed by atoms with E-state index in [4.69, 9.17) is 4.98 Å². The molecule has 0 radical (unpaired) electrons. The fourth-order valence-corrected chi connectivity index (χ4v) is 3.84. The highest BCUT2D eigenvalue weighted by Crippen LogP contribution is 2.35. The van der Waals surface area contributed by atoms with Crippen molar-refractivity contribution in [3.63, 3.8) is 0 Å². The minimum atomic E-state index is -0.891. The fraction of sp³-hybridized carbons (Fsp3) is 0.174. The molecule has 0 fully saturated rings. The summed E-state index contributed by atoms with van der Waals surface area (Å²) in [4.78, 5) is 32.1. The molecule has 0 amide bonds. The predicted octanol–water partition coefficient (Wildman–Crippen LogP) is 4.46. The molecule has 5 aromatic heterocycles. The van der Waals surface area contributed by atoms with Gasteiger partial charge in [0, 0.05) is 58.9 Å². The largest absolute Gasteiger partial charge is 0.481 e. The van der Waals surface area contributed by atoms with E-state index in [2.05, 4.69) is 19.9 Å². The highest BCUT2D eigenvalue weighted by molar-refractivity contribution is 5.96. The first-order chi connectivity index (χ1) is 15.4. The lowest BCUT2D eigenvalue weighted by molar-refractivity contribution is -0.142. The van der Waals surface area contributed by atoms with Crippen LogP contribution in [0.3, 0.4) is 0 Å². The zero-order valence-corrected chi connectivity index (χ0v) is 17.3. The van der Waals surface area contributed by atoms with E-state index in [1.165, 1.54) is 6.07 Å². The summed E-state index contributed by atoms with van der Waals surface area (Å²) in [6, 6.07) is 4.78. The molecule has 160 valence electrons. The molecule has 2 N–H and O–H groups in total. The number of hydrogen-bond donors (Lipinski definition) is 2. The van der Waals surface area contributed by atoms with Crippen molar-refractivity contribution >= 4 is 28.0 Å². The van der Waals surface area contributed by atoms with Gasteiger partial charge in [-0.2, -0.15) is 0 Å². The van der Waals surface area contributed by atoms with E-state index in [0.717, 1.165) is 22.7 Å². The van der Waals surface area contributed by atoms with Crippen LogP contribution in [0.1, 0.15) is 19.9 Å². The van der Waals surface area contributed by atoms with Crippen LogP contribution in [0.25, 0.3) is 44.6 Å². The van der Waals surface area contributed by atoms with Gasteiger partial charge < -0.3 is 14.7 Å². The number of hydrogen-bond acceptors (Lipinski definition) is 5. The molecule has 0 unspecified atom stereocenters.